The van der Waals surface area contributed by atoms with E-state index in [1.807, 2.05) is 12.1 Å². The molecule has 2 heterocycles. The first-order valence-corrected chi connectivity index (χ1v) is 11.5. The lowest BCUT2D eigenvalue weighted by molar-refractivity contribution is 0.000177. The maximum absolute atomic E-state index is 11.0. The number of pyridine rings is 1. The predicted octanol–water partition coefficient (Wildman–Crippen LogP) is 4.88. The summed E-state index contributed by atoms with van der Waals surface area (Å²) in [5.41, 5.74) is 6.36. The van der Waals surface area contributed by atoms with Crippen molar-refractivity contribution in [2.45, 2.75) is 51.0 Å². The highest BCUT2D eigenvalue weighted by Crippen LogP contribution is 2.56. The molecule has 1 saturated heterocycles. The Morgan fingerprint density at radius 1 is 1.10 bits per heavy atom. The van der Waals surface area contributed by atoms with E-state index in [0.29, 0.717) is 23.6 Å². The Kier molecular flexibility index (Phi) is 4.02. The number of para-hydroxylation sites is 1. The molecule has 3 aromatic rings. The molecule has 0 unspecified atom stereocenters. The average Bonchev–Trinajstić information content (AvgIpc) is 2.72. The van der Waals surface area contributed by atoms with Crippen molar-refractivity contribution in [2.24, 2.45) is 11.8 Å². The molecule has 0 amide bonds. The van der Waals surface area contributed by atoms with Crippen LogP contribution in [0.5, 0.6) is 5.75 Å². The molecule has 2 aromatic carbocycles. The molecular weight excluding hydrogens is 368 g/mol. The number of aromatic nitrogens is 1. The third-order valence-electron chi connectivity index (χ3n) is 7.96. The number of benzene rings is 2. The minimum absolute atomic E-state index is 0.0134. The van der Waals surface area contributed by atoms with Crippen molar-refractivity contribution in [1.82, 2.24) is 9.88 Å². The number of piperidine rings is 1. The summed E-state index contributed by atoms with van der Waals surface area (Å²) in [7, 11) is 0. The van der Waals surface area contributed by atoms with Gasteiger partial charge in [0.15, 0.2) is 0 Å². The fourth-order valence-electron chi connectivity index (χ4n) is 6.86. The summed E-state index contributed by atoms with van der Waals surface area (Å²) < 4.78 is 0. The normalized spacial score (nSPS) is 27.6. The quantitative estimate of drug-likeness (QED) is 0.668. The molecule has 3 nitrogen and oxygen atoms in total. The van der Waals surface area contributed by atoms with Crippen LogP contribution in [-0.2, 0) is 24.7 Å². The Morgan fingerprint density at radius 2 is 1.97 bits per heavy atom. The SMILES string of the molecule is CC(C)CN1CC[C@]23Cc4nc5ccccc5cc4C[C@H]2[C@H]1Cc1cccc(O)c13. The van der Waals surface area contributed by atoms with Gasteiger partial charge in [0.25, 0.3) is 0 Å². The van der Waals surface area contributed by atoms with E-state index in [-0.39, 0.29) is 5.41 Å². The molecule has 2 bridgehead atoms. The van der Waals surface area contributed by atoms with Gasteiger partial charge in [0.1, 0.15) is 5.75 Å². The summed E-state index contributed by atoms with van der Waals surface area (Å²) in [5.74, 6) is 1.71. The number of hydrogen-bond donors (Lipinski definition) is 1. The second kappa shape index (κ2) is 6.55. The fourth-order valence-corrected chi connectivity index (χ4v) is 6.86. The lowest BCUT2D eigenvalue weighted by Gasteiger charge is -2.59. The van der Waals surface area contributed by atoms with E-state index in [1.165, 1.54) is 27.8 Å². The van der Waals surface area contributed by atoms with Gasteiger partial charge in [-0.15, -0.1) is 0 Å². The van der Waals surface area contributed by atoms with Gasteiger partial charge in [-0.05, 0) is 67.0 Å². The molecule has 1 aliphatic heterocycles. The Balaban J connectivity index is 1.54. The summed E-state index contributed by atoms with van der Waals surface area (Å²) in [6.07, 6.45) is 4.19. The van der Waals surface area contributed by atoms with Gasteiger partial charge in [-0.2, -0.15) is 0 Å². The third-order valence-corrected chi connectivity index (χ3v) is 7.96. The molecule has 0 spiro atoms. The Morgan fingerprint density at radius 3 is 2.83 bits per heavy atom. The maximum Gasteiger partial charge on any atom is 0.119 e. The van der Waals surface area contributed by atoms with Gasteiger partial charge >= 0.3 is 0 Å². The second-order valence-corrected chi connectivity index (χ2v) is 10.2. The van der Waals surface area contributed by atoms with E-state index in [4.69, 9.17) is 4.98 Å². The zero-order valence-electron chi connectivity index (χ0n) is 17.9. The van der Waals surface area contributed by atoms with Gasteiger partial charge in [-0.3, -0.25) is 9.88 Å². The topological polar surface area (TPSA) is 36.4 Å². The highest BCUT2D eigenvalue weighted by Gasteiger charge is 2.56. The molecule has 3 heteroatoms. The lowest BCUT2D eigenvalue weighted by Crippen LogP contribution is -2.63. The molecule has 1 N–H and O–H groups in total. The number of phenolic OH excluding ortho intramolecular Hbond substituents is 1. The molecule has 3 aliphatic rings. The van der Waals surface area contributed by atoms with Gasteiger partial charge in [-0.25, -0.2) is 0 Å². The van der Waals surface area contributed by atoms with Gasteiger partial charge in [-0.1, -0.05) is 44.2 Å². The van der Waals surface area contributed by atoms with Crippen molar-refractivity contribution in [2.75, 3.05) is 13.1 Å². The number of likely N-dealkylation sites (tertiary alicyclic amines) is 1. The van der Waals surface area contributed by atoms with Crippen molar-refractivity contribution in [3.63, 3.8) is 0 Å². The molecule has 0 radical (unpaired) electrons. The van der Waals surface area contributed by atoms with Crippen LogP contribution in [0.25, 0.3) is 10.9 Å². The molecule has 6 rings (SSSR count). The highest BCUT2D eigenvalue weighted by molar-refractivity contribution is 5.79. The number of hydrogen-bond acceptors (Lipinski definition) is 3. The summed E-state index contributed by atoms with van der Waals surface area (Å²) in [6.45, 7) is 6.94. The van der Waals surface area contributed by atoms with Crippen LogP contribution < -0.4 is 0 Å². The Hall–Kier alpha value is -2.39. The first-order chi connectivity index (χ1) is 14.5. The van der Waals surface area contributed by atoms with Crippen molar-refractivity contribution < 1.29 is 5.11 Å². The van der Waals surface area contributed by atoms with Crippen LogP contribution >= 0.6 is 0 Å². The molecule has 30 heavy (non-hydrogen) atoms. The van der Waals surface area contributed by atoms with Crippen molar-refractivity contribution in [3.8, 4) is 5.75 Å². The zero-order valence-corrected chi connectivity index (χ0v) is 17.9. The minimum Gasteiger partial charge on any atom is -0.508 e. The molecule has 1 fully saturated rings. The first-order valence-electron chi connectivity index (χ1n) is 11.5. The van der Waals surface area contributed by atoms with Crippen LogP contribution in [0.1, 0.15) is 42.7 Å². The van der Waals surface area contributed by atoms with Crippen LogP contribution in [0.2, 0.25) is 0 Å². The summed E-state index contributed by atoms with van der Waals surface area (Å²) in [4.78, 5) is 7.87. The third kappa shape index (κ3) is 2.58. The van der Waals surface area contributed by atoms with Crippen molar-refractivity contribution in [3.05, 3.63) is 70.9 Å². The minimum atomic E-state index is 0.0134. The summed E-state index contributed by atoms with van der Waals surface area (Å²) in [6, 6.07) is 17.6. The zero-order chi connectivity index (χ0) is 20.5. The molecule has 0 saturated carbocycles. The summed E-state index contributed by atoms with van der Waals surface area (Å²) in [5, 5.41) is 12.2. The smallest absolute Gasteiger partial charge is 0.119 e. The number of nitrogens with zero attached hydrogens (tertiary/aromatic N) is 2. The summed E-state index contributed by atoms with van der Waals surface area (Å²) >= 11 is 0. The molecule has 2 aliphatic carbocycles. The van der Waals surface area contributed by atoms with Gasteiger partial charge in [0, 0.05) is 41.1 Å². The van der Waals surface area contributed by atoms with Crippen molar-refractivity contribution >= 4 is 10.9 Å². The van der Waals surface area contributed by atoms with Crippen LogP contribution in [0, 0.1) is 11.8 Å². The molecule has 1 aromatic heterocycles. The average molecular weight is 399 g/mol. The molecular formula is C27H30N2O. The number of phenols is 1. The standard InChI is InChI=1S/C27H30N2O/c1-17(2)16-29-11-10-27-15-23-20(12-18-6-3-4-8-22(18)28-23)13-21(27)24(29)14-19-7-5-9-25(30)26(19)27/h3-9,12,17,21,24,30H,10-11,13-16H2,1-2H3/t21-,24+,27-/m0/s1. The van der Waals surface area contributed by atoms with Crippen LogP contribution in [0.3, 0.4) is 0 Å². The van der Waals surface area contributed by atoms with E-state index in [9.17, 15) is 5.11 Å². The predicted molar refractivity (Wildman–Crippen MR) is 121 cm³/mol. The number of fused-ring (bicyclic) bond motifs is 3. The number of rotatable bonds is 2. The lowest BCUT2D eigenvalue weighted by atomic mass is 9.52. The first kappa shape index (κ1) is 18.4. The number of aromatic hydroxyl groups is 1. The Bertz CT molecular complexity index is 1140. The van der Waals surface area contributed by atoms with Gasteiger partial charge in [0.2, 0.25) is 0 Å². The van der Waals surface area contributed by atoms with Gasteiger partial charge < -0.3 is 5.11 Å². The largest absolute Gasteiger partial charge is 0.508 e. The highest BCUT2D eigenvalue weighted by atomic mass is 16.3. The van der Waals surface area contributed by atoms with E-state index in [2.05, 4.69) is 55.1 Å². The van der Waals surface area contributed by atoms with Crippen LogP contribution in [0.15, 0.2) is 48.5 Å². The Labute approximate surface area is 178 Å². The van der Waals surface area contributed by atoms with E-state index >= 15 is 0 Å². The second-order valence-electron chi connectivity index (χ2n) is 10.2. The van der Waals surface area contributed by atoms with Crippen LogP contribution in [0.4, 0.5) is 0 Å². The molecule has 154 valence electrons. The van der Waals surface area contributed by atoms with E-state index in [0.717, 1.165) is 44.3 Å². The fraction of sp³-hybridized carbons (Fsp3) is 0.444. The molecule has 3 atom stereocenters. The van der Waals surface area contributed by atoms with E-state index < -0.39 is 0 Å². The monoisotopic (exact) mass is 398 g/mol. The van der Waals surface area contributed by atoms with Crippen LogP contribution in [-0.4, -0.2) is 34.1 Å². The van der Waals surface area contributed by atoms with Crippen molar-refractivity contribution in [1.29, 1.82) is 0 Å². The van der Waals surface area contributed by atoms with Gasteiger partial charge in [0.05, 0.1) is 5.52 Å². The van der Waals surface area contributed by atoms with E-state index in [1.54, 1.807) is 0 Å². The maximum atomic E-state index is 11.0.